The number of amides is 1. The molecule has 0 bridgehead atoms. The van der Waals surface area contributed by atoms with E-state index in [2.05, 4.69) is 20.4 Å². The summed E-state index contributed by atoms with van der Waals surface area (Å²) in [6.07, 6.45) is 6.03. The summed E-state index contributed by atoms with van der Waals surface area (Å²) in [6.45, 7) is 5.16. The number of likely N-dealkylation sites (tertiary alicyclic amines) is 1. The van der Waals surface area contributed by atoms with Crippen molar-refractivity contribution in [3.8, 4) is 11.3 Å². The van der Waals surface area contributed by atoms with Crippen molar-refractivity contribution in [2.75, 3.05) is 13.1 Å². The van der Waals surface area contributed by atoms with Gasteiger partial charge in [0.2, 0.25) is 5.91 Å². The Morgan fingerprint density at radius 2 is 2.03 bits per heavy atom. The Hall–Kier alpha value is -3.00. The van der Waals surface area contributed by atoms with Crippen LogP contribution in [0.15, 0.2) is 42.7 Å². The minimum absolute atomic E-state index is 0.0766. The molecule has 8 heteroatoms. The zero-order valence-electron chi connectivity index (χ0n) is 18.1. The van der Waals surface area contributed by atoms with E-state index in [4.69, 9.17) is 0 Å². The van der Waals surface area contributed by atoms with E-state index in [0.717, 1.165) is 43.7 Å². The van der Waals surface area contributed by atoms with E-state index < -0.39 is 0 Å². The first kappa shape index (κ1) is 21.2. The lowest BCUT2D eigenvalue weighted by Gasteiger charge is -2.32. The van der Waals surface area contributed by atoms with Crippen LogP contribution in [0.1, 0.15) is 30.5 Å². The number of carbonyl (C=O) groups is 1. The van der Waals surface area contributed by atoms with E-state index in [1.165, 1.54) is 6.07 Å². The smallest absolute Gasteiger partial charge is 0.222 e. The van der Waals surface area contributed by atoms with Crippen molar-refractivity contribution in [3.63, 3.8) is 0 Å². The molecule has 1 fully saturated rings. The molecule has 1 saturated heterocycles. The SMILES string of the molecule is Cc1cnn(CCC(=O)NC2CCN(Cc3cc(-c4ccccc4F)nn3C)CC2)c1. The van der Waals surface area contributed by atoms with E-state index in [0.29, 0.717) is 24.2 Å². The predicted molar refractivity (Wildman–Crippen MR) is 117 cm³/mol. The molecular weight excluding hydrogens is 395 g/mol. The van der Waals surface area contributed by atoms with Crippen LogP contribution in [0.25, 0.3) is 11.3 Å². The molecule has 2 aromatic heterocycles. The number of nitrogens with zero attached hydrogens (tertiary/aromatic N) is 5. The van der Waals surface area contributed by atoms with Gasteiger partial charge in [0.15, 0.2) is 0 Å². The minimum atomic E-state index is -0.258. The fourth-order valence-electron chi connectivity index (χ4n) is 4.02. The van der Waals surface area contributed by atoms with Gasteiger partial charge < -0.3 is 5.32 Å². The molecule has 31 heavy (non-hydrogen) atoms. The lowest BCUT2D eigenvalue weighted by atomic mass is 10.0. The first-order valence-corrected chi connectivity index (χ1v) is 10.8. The Labute approximate surface area is 181 Å². The summed E-state index contributed by atoms with van der Waals surface area (Å²) in [5.74, 6) is -0.181. The Kier molecular flexibility index (Phi) is 6.46. The van der Waals surface area contributed by atoms with Crippen LogP contribution < -0.4 is 5.32 Å². The van der Waals surface area contributed by atoms with Gasteiger partial charge in [0.05, 0.1) is 17.6 Å². The first-order chi connectivity index (χ1) is 15.0. The van der Waals surface area contributed by atoms with Crippen molar-refractivity contribution >= 4 is 5.91 Å². The third-order valence-electron chi connectivity index (χ3n) is 5.80. The van der Waals surface area contributed by atoms with Gasteiger partial charge in [-0.3, -0.25) is 19.1 Å². The Morgan fingerprint density at radius 3 is 2.74 bits per heavy atom. The molecule has 1 aromatic carbocycles. The number of piperidine rings is 1. The summed E-state index contributed by atoms with van der Waals surface area (Å²) in [5, 5.41) is 11.9. The van der Waals surface area contributed by atoms with Gasteiger partial charge in [0, 0.05) is 57.4 Å². The van der Waals surface area contributed by atoms with Crippen molar-refractivity contribution in [1.82, 2.24) is 29.8 Å². The van der Waals surface area contributed by atoms with Crippen LogP contribution in [0, 0.1) is 12.7 Å². The average molecular weight is 425 g/mol. The summed E-state index contributed by atoms with van der Waals surface area (Å²) in [7, 11) is 1.90. The number of carbonyl (C=O) groups excluding carboxylic acids is 1. The summed E-state index contributed by atoms with van der Waals surface area (Å²) < 4.78 is 17.7. The summed E-state index contributed by atoms with van der Waals surface area (Å²) in [5.41, 5.74) is 3.33. The molecule has 3 heterocycles. The number of rotatable bonds is 7. The molecule has 1 aliphatic rings. The lowest BCUT2D eigenvalue weighted by Crippen LogP contribution is -2.44. The third kappa shape index (κ3) is 5.38. The predicted octanol–water partition coefficient (Wildman–Crippen LogP) is 2.90. The average Bonchev–Trinajstić information content (AvgIpc) is 3.33. The maximum Gasteiger partial charge on any atom is 0.222 e. The molecule has 3 aromatic rings. The second-order valence-electron chi connectivity index (χ2n) is 8.27. The van der Waals surface area contributed by atoms with Crippen LogP contribution in [-0.2, 0) is 24.9 Å². The molecule has 1 N–H and O–H groups in total. The molecule has 0 radical (unpaired) electrons. The van der Waals surface area contributed by atoms with Crippen molar-refractivity contribution in [3.05, 3.63) is 59.8 Å². The highest BCUT2D eigenvalue weighted by Gasteiger charge is 2.22. The van der Waals surface area contributed by atoms with Gasteiger partial charge in [-0.1, -0.05) is 12.1 Å². The minimum Gasteiger partial charge on any atom is -0.353 e. The lowest BCUT2D eigenvalue weighted by molar-refractivity contribution is -0.122. The fourth-order valence-corrected chi connectivity index (χ4v) is 4.02. The summed E-state index contributed by atoms with van der Waals surface area (Å²) in [6, 6.07) is 8.89. The van der Waals surface area contributed by atoms with Crippen LogP contribution in [0.2, 0.25) is 0 Å². The highest BCUT2D eigenvalue weighted by atomic mass is 19.1. The molecule has 0 atom stereocenters. The highest BCUT2D eigenvalue weighted by Crippen LogP contribution is 2.23. The van der Waals surface area contributed by atoms with Gasteiger partial charge in [-0.05, 0) is 43.5 Å². The van der Waals surface area contributed by atoms with Gasteiger partial charge in [0.25, 0.3) is 0 Å². The second-order valence-corrected chi connectivity index (χ2v) is 8.27. The van der Waals surface area contributed by atoms with Crippen LogP contribution in [0.5, 0.6) is 0 Å². The number of hydrogen-bond donors (Lipinski definition) is 1. The van der Waals surface area contributed by atoms with Crippen molar-refractivity contribution in [2.45, 2.75) is 45.3 Å². The Bertz CT molecular complexity index is 1030. The van der Waals surface area contributed by atoms with E-state index in [1.807, 2.05) is 37.0 Å². The number of benzene rings is 1. The van der Waals surface area contributed by atoms with Gasteiger partial charge in [-0.25, -0.2) is 4.39 Å². The van der Waals surface area contributed by atoms with Crippen LogP contribution >= 0.6 is 0 Å². The summed E-state index contributed by atoms with van der Waals surface area (Å²) >= 11 is 0. The first-order valence-electron chi connectivity index (χ1n) is 10.8. The number of nitrogens with one attached hydrogen (secondary N) is 1. The van der Waals surface area contributed by atoms with Crippen LogP contribution in [-0.4, -0.2) is 49.5 Å². The Morgan fingerprint density at radius 1 is 1.26 bits per heavy atom. The number of aromatic nitrogens is 4. The van der Waals surface area contributed by atoms with Gasteiger partial charge >= 0.3 is 0 Å². The molecule has 1 aliphatic heterocycles. The maximum atomic E-state index is 14.1. The zero-order valence-corrected chi connectivity index (χ0v) is 18.1. The molecule has 4 rings (SSSR count). The molecule has 164 valence electrons. The zero-order chi connectivity index (χ0) is 21.8. The standard InChI is InChI=1S/C23H29FN6O/c1-17-14-25-30(15-17)12-9-23(31)26-18-7-10-29(11-8-18)16-19-13-22(27-28(19)2)20-5-3-4-6-21(20)24/h3-6,13-15,18H,7-12,16H2,1-2H3,(H,26,31). The molecule has 0 aliphatic carbocycles. The monoisotopic (exact) mass is 424 g/mol. The van der Waals surface area contributed by atoms with Crippen molar-refractivity contribution < 1.29 is 9.18 Å². The topological polar surface area (TPSA) is 68.0 Å². The molecule has 0 saturated carbocycles. The molecule has 0 spiro atoms. The number of aryl methyl sites for hydroxylation is 3. The molecule has 1 amide bonds. The second kappa shape index (κ2) is 9.43. The van der Waals surface area contributed by atoms with Crippen molar-refractivity contribution in [2.24, 2.45) is 7.05 Å². The van der Waals surface area contributed by atoms with Gasteiger partial charge in [0.1, 0.15) is 5.82 Å². The van der Waals surface area contributed by atoms with E-state index >= 15 is 0 Å². The largest absolute Gasteiger partial charge is 0.353 e. The van der Waals surface area contributed by atoms with E-state index in [1.54, 1.807) is 23.0 Å². The summed E-state index contributed by atoms with van der Waals surface area (Å²) in [4.78, 5) is 14.6. The van der Waals surface area contributed by atoms with Gasteiger partial charge in [-0.2, -0.15) is 10.2 Å². The van der Waals surface area contributed by atoms with Crippen LogP contribution in [0.4, 0.5) is 4.39 Å². The number of hydrogen-bond acceptors (Lipinski definition) is 4. The Balaban J connectivity index is 1.25. The van der Waals surface area contributed by atoms with Crippen molar-refractivity contribution in [1.29, 1.82) is 0 Å². The van der Waals surface area contributed by atoms with Crippen LogP contribution in [0.3, 0.4) is 0 Å². The van der Waals surface area contributed by atoms with Gasteiger partial charge in [-0.15, -0.1) is 0 Å². The molecular formula is C23H29FN6O. The fraction of sp³-hybridized carbons (Fsp3) is 0.435. The maximum absolute atomic E-state index is 14.1. The quantitative estimate of drug-likeness (QED) is 0.633. The third-order valence-corrected chi connectivity index (χ3v) is 5.80. The normalized spacial score (nSPS) is 15.3. The highest BCUT2D eigenvalue weighted by molar-refractivity contribution is 5.76. The number of halogens is 1. The van der Waals surface area contributed by atoms with E-state index in [9.17, 15) is 9.18 Å². The molecule has 7 nitrogen and oxygen atoms in total. The molecule has 0 unspecified atom stereocenters. The van der Waals surface area contributed by atoms with E-state index in [-0.39, 0.29) is 17.8 Å².